The summed E-state index contributed by atoms with van der Waals surface area (Å²) in [5.74, 6) is 0. The summed E-state index contributed by atoms with van der Waals surface area (Å²) in [6, 6.07) is 66.7. The number of nitrogens with zero attached hydrogens (tertiary/aromatic N) is 1. The fourth-order valence-electron chi connectivity index (χ4n) is 7.67. The van der Waals surface area contributed by atoms with Crippen molar-refractivity contribution >= 4 is 38.6 Å². The third kappa shape index (κ3) is 6.54. The Morgan fingerprint density at radius 1 is 0.585 bits per heavy atom. The molecule has 1 heterocycles. The minimum absolute atomic E-state index is 0.0368. The molecule has 5 heteroatoms. The van der Waals surface area contributed by atoms with Gasteiger partial charge in [0.05, 0.1) is 23.7 Å². The lowest BCUT2D eigenvalue weighted by molar-refractivity contribution is 0.386. The van der Waals surface area contributed by atoms with Gasteiger partial charge < -0.3 is 16.0 Å². The third-order valence-electron chi connectivity index (χ3n) is 10.3. The standard InChI is InChI=1S/C48H41N5/c49-46(52-47(36-16-7-2-8-17-36)50-32-33-14-5-1-6-15-33)40-21-13-20-38(30-40)39-27-25-34-24-26-35-28-29-43-45(44(35)42(34)31-39)53(41-22-11-4-12-23-41)48(51-43)37-18-9-3-10-19-37/h1-31,46-48,50-52H,32,49H2. The summed E-state index contributed by atoms with van der Waals surface area (Å²) in [5, 5.41) is 16.1. The first-order chi connectivity index (χ1) is 26.2. The van der Waals surface area contributed by atoms with Gasteiger partial charge in [-0.05, 0) is 79.9 Å². The van der Waals surface area contributed by atoms with Gasteiger partial charge in [0.15, 0.2) is 0 Å². The van der Waals surface area contributed by atoms with Gasteiger partial charge in [-0.1, -0.05) is 158 Å². The molecule has 0 bridgehead atoms. The van der Waals surface area contributed by atoms with E-state index in [0.717, 1.165) is 40.2 Å². The van der Waals surface area contributed by atoms with E-state index in [0.29, 0.717) is 0 Å². The second kappa shape index (κ2) is 14.4. The lowest BCUT2D eigenvalue weighted by Gasteiger charge is -2.28. The Morgan fingerprint density at radius 2 is 1.21 bits per heavy atom. The summed E-state index contributed by atoms with van der Waals surface area (Å²) in [7, 11) is 0. The molecule has 8 aromatic rings. The number of hydrogen-bond donors (Lipinski definition) is 4. The zero-order valence-electron chi connectivity index (χ0n) is 29.4. The lowest BCUT2D eigenvalue weighted by Crippen LogP contribution is -2.39. The fourth-order valence-corrected chi connectivity index (χ4v) is 7.67. The van der Waals surface area contributed by atoms with Crippen molar-refractivity contribution in [2.75, 3.05) is 10.2 Å². The molecule has 0 spiro atoms. The SMILES string of the molecule is NC(NC(NCc1ccccc1)c1ccccc1)c1cccc(-c2ccc3ccc4ccc5c(c4c3c2)N(c2ccccc2)C(c2ccccc2)N5)c1. The molecule has 5 N–H and O–H groups in total. The largest absolute Gasteiger partial charge is 0.359 e. The molecule has 53 heavy (non-hydrogen) atoms. The van der Waals surface area contributed by atoms with Gasteiger partial charge in [-0.2, -0.15) is 0 Å². The summed E-state index contributed by atoms with van der Waals surface area (Å²) in [6.45, 7) is 0.720. The number of rotatable bonds is 10. The Kier molecular flexibility index (Phi) is 8.88. The molecule has 0 aliphatic carbocycles. The van der Waals surface area contributed by atoms with Gasteiger partial charge >= 0.3 is 0 Å². The van der Waals surface area contributed by atoms with Crippen molar-refractivity contribution in [3.8, 4) is 11.1 Å². The second-order valence-electron chi connectivity index (χ2n) is 13.7. The minimum atomic E-state index is -0.395. The quantitative estimate of drug-likeness (QED) is 0.0851. The average molecular weight is 688 g/mol. The topological polar surface area (TPSA) is 65.3 Å². The van der Waals surface area contributed by atoms with Crippen LogP contribution in [0.4, 0.5) is 17.1 Å². The molecule has 0 saturated heterocycles. The van der Waals surface area contributed by atoms with Crippen molar-refractivity contribution in [1.29, 1.82) is 0 Å². The highest BCUT2D eigenvalue weighted by molar-refractivity contribution is 6.18. The molecule has 0 aromatic heterocycles. The Labute approximate surface area is 310 Å². The molecule has 3 unspecified atom stereocenters. The number of nitrogens with one attached hydrogen (secondary N) is 3. The number of anilines is 3. The second-order valence-corrected chi connectivity index (χ2v) is 13.7. The van der Waals surface area contributed by atoms with E-state index in [2.05, 4.69) is 197 Å². The van der Waals surface area contributed by atoms with Crippen LogP contribution in [0.1, 0.15) is 40.8 Å². The zero-order valence-corrected chi connectivity index (χ0v) is 29.4. The van der Waals surface area contributed by atoms with Crippen LogP contribution in [0.2, 0.25) is 0 Å². The predicted octanol–water partition coefficient (Wildman–Crippen LogP) is 11.0. The molecule has 0 radical (unpaired) electrons. The minimum Gasteiger partial charge on any atom is -0.359 e. The summed E-state index contributed by atoms with van der Waals surface area (Å²) < 4.78 is 0. The molecule has 3 atom stereocenters. The van der Waals surface area contributed by atoms with Crippen LogP contribution in [-0.2, 0) is 6.54 Å². The van der Waals surface area contributed by atoms with Crippen molar-refractivity contribution in [3.63, 3.8) is 0 Å². The molecule has 8 aromatic carbocycles. The average Bonchev–Trinajstić information content (AvgIpc) is 3.63. The van der Waals surface area contributed by atoms with Crippen LogP contribution < -0.4 is 26.6 Å². The molecule has 258 valence electrons. The molecular formula is C48H41N5. The van der Waals surface area contributed by atoms with Crippen molar-refractivity contribution in [1.82, 2.24) is 10.6 Å². The Hall–Kier alpha value is -6.24. The van der Waals surface area contributed by atoms with Gasteiger partial charge in [0.1, 0.15) is 6.17 Å². The summed E-state index contributed by atoms with van der Waals surface area (Å²) in [4.78, 5) is 2.46. The van der Waals surface area contributed by atoms with E-state index < -0.39 is 6.17 Å². The Morgan fingerprint density at radius 3 is 1.98 bits per heavy atom. The van der Waals surface area contributed by atoms with Gasteiger partial charge in [-0.3, -0.25) is 10.6 Å². The molecule has 5 nitrogen and oxygen atoms in total. The van der Waals surface area contributed by atoms with Gasteiger partial charge in [-0.25, -0.2) is 0 Å². The Bertz CT molecular complexity index is 2490. The highest BCUT2D eigenvalue weighted by Crippen LogP contribution is 2.51. The number of fused-ring (bicyclic) bond motifs is 5. The van der Waals surface area contributed by atoms with Crippen LogP contribution in [0.15, 0.2) is 188 Å². The number of para-hydroxylation sites is 1. The van der Waals surface area contributed by atoms with Gasteiger partial charge in [-0.15, -0.1) is 0 Å². The normalized spacial score (nSPS) is 14.9. The predicted molar refractivity (Wildman–Crippen MR) is 221 cm³/mol. The maximum atomic E-state index is 6.94. The van der Waals surface area contributed by atoms with Gasteiger partial charge in [0.25, 0.3) is 0 Å². The summed E-state index contributed by atoms with van der Waals surface area (Å²) in [5.41, 5.74) is 17.3. The van der Waals surface area contributed by atoms with E-state index in [1.54, 1.807) is 0 Å². The maximum Gasteiger partial charge on any atom is 0.130 e. The van der Waals surface area contributed by atoms with Crippen LogP contribution in [0.25, 0.3) is 32.7 Å². The zero-order chi connectivity index (χ0) is 35.6. The van der Waals surface area contributed by atoms with E-state index in [4.69, 9.17) is 5.73 Å². The molecule has 0 amide bonds. The van der Waals surface area contributed by atoms with E-state index >= 15 is 0 Å². The smallest absolute Gasteiger partial charge is 0.130 e. The van der Waals surface area contributed by atoms with Gasteiger partial charge in [0.2, 0.25) is 0 Å². The van der Waals surface area contributed by atoms with E-state index in [-0.39, 0.29) is 12.3 Å². The molecule has 1 aliphatic heterocycles. The molecule has 9 rings (SSSR count). The van der Waals surface area contributed by atoms with E-state index in [9.17, 15) is 0 Å². The summed E-state index contributed by atoms with van der Waals surface area (Å²) in [6.07, 6.45) is -0.566. The first-order valence-corrected chi connectivity index (χ1v) is 18.3. The van der Waals surface area contributed by atoms with Crippen LogP contribution in [-0.4, -0.2) is 0 Å². The fraction of sp³-hybridized carbons (Fsp3) is 0.0833. The van der Waals surface area contributed by atoms with Crippen molar-refractivity contribution in [2.45, 2.75) is 25.0 Å². The van der Waals surface area contributed by atoms with E-state index in [1.165, 1.54) is 38.4 Å². The number of hydrogen-bond acceptors (Lipinski definition) is 5. The van der Waals surface area contributed by atoms with Crippen molar-refractivity contribution in [3.05, 3.63) is 210 Å². The third-order valence-corrected chi connectivity index (χ3v) is 10.3. The Balaban J connectivity index is 1.08. The van der Waals surface area contributed by atoms with Crippen molar-refractivity contribution < 1.29 is 0 Å². The summed E-state index contributed by atoms with van der Waals surface area (Å²) >= 11 is 0. The molecule has 1 aliphatic rings. The monoisotopic (exact) mass is 687 g/mol. The van der Waals surface area contributed by atoms with Crippen LogP contribution in [0, 0.1) is 0 Å². The highest BCUT2D eigenvalue weighted by atomic mass is 15.3. The molecule has 0 fully saturated rings. The van der Waals surface area contributed by atoms with Crippen LogP contribution in [0.5, 0.6) is 0 Å². The molecule has 0 saturated carbocycles. The first-order valence-electron chi connectivity index (χ1n) is 18.3. The highest BCUT2D eigenvalue weighted by Gasteiger charge is 2.33. The number of nitrogens with two attached hydrogens (primary N) is 1. The van der Waals surface area contributed by atoms with Crippen LogP contribution >= 0.6 is 0 Å². The van der Waals surface area contributed by atoms with Crippen LogP contribution in [0.3, 0.4) is 0 Å². The molecular weight excluding hydrogens is 647 g/mol. The van der Waals surface area contributed by atoms with Gasteiger partial charge in [0, 0.05) is 17.6 Å². The van der Waals surface area contributed by atoms with Crippen molar-refractivity contribution in [2.24, 2.45) is 5.73 Å². The lowest BCUT2D eigenvalue weighted by atomic mass is 9.94. The number of benzene rings is 8. The van der Waals surface area contributed by atoms with E-state index in [1.807, 2.05) is 12.1 Å². The maximum absolute atomic E-state index is 6.94. The first kappa shape index (κ1) is 32.7.